The number of hydrogen-bond acceptors (Lipinski definition) is 2. The number of hydrogen-bond donors (Lipinski definition) is 1. The molecular weight excluding hydrogens is 384 g/mol. The zero-order valence-electron chi connectivity index (χ0n) is 16.4. The Morgan fingerprint density at radius 2 is 1.83 bits per heavy atom. The summed E-state index contributed by atoms with van der Waals surface area (Å²) in [5.74, 6) is -0.958. The number of aromatic amines is 1. The summed E-state index contributed by atoms with van der Waals surface area (Å²) in [6.07, 6.45) is 3.54. The molecule has 0 bridgehead atoms. The van der Waals surface area contributed by atoms with E-state index in [-0.39, 0.29) is 22.6 Å². The largest absolute Gasteiger partial charge is 0.361 e. The molecule has 4 nitrogen and oxygen atoms in total. The van der Waals surface area contributed by atoms with Crippen LogP contribution in [0.15, 0.2) is 60.3 Å². The molecule has 5 rings (SSSR count). The number of fused-ring (bicyclic) bond motifs is 2. The van der Waals surface area contributed by atoms with Crippen LogP contribution in [0.2, 0.25) is 5.02 Å². The number of H-pyrrole nitrogens is 1. The first-order chi connectivity index (χ1) is 13.8. The minimum Gasteiger partial charge on any atom is -0.361 e. The zero-order chi connectivity index (χ0) is 20.5. The second-order valence-electron chi connectivity index (χ2n) is 8.24. The van der Waals surface area contributed by atoms with E-state index in [2.05, 4.69) is 18.8 Å². The van der Waals surface area contributed by atoms with Gasteiger partial charge in [-0.1, -0.05) is 29.8 Å². The van der Waals surface area contributed by atoms with Crippen LogP contribution in [0.3, 0.4) is 0 Å². The Bertz CT molecular complexity index is 1280. The van der Waals surface area contributed by atoms with Gasteiger partial charge in [-0.2, -0.15) is 4.58 Å². The van der Waals surface area contributed by atoms with Gasteiger partial charge in [0.15, 0.2) is 17.3 Å². The molecule has 144 valence electrons. The molecule has 1 aromatic heterocycles. The smallest absolute Gasteiger partial charge is 0.209 e. The summed E-state index contributed by atoms with van der Waals surface area (Å²) in [5.41, 5.74) is 4.66. The number of nitrogens with one attached hydrogen (secondary N) is 1. The number of carbonyl (C=O) groups excluding carboxylic acids is 2. The van der Waals surface area contributed by atoms with Crippen LogP contribution in [0, 0.1) is 0 Å². The number of nitrogens with zero attached hydrogens (tertiary/aromatic N) is 1. The number of rotatable bonds is 2. The summed E-state index contributed by atoms with van der Waals surface area (Å²) in [7, 11) is 1.96. The lowest BCUT2D eigenvalue weighted by atomic mass is 9.71. The van der Waals surface area contributed by atoms with Crippen LogP contribution in [0.5, 0.6) is 0 Å². The Morgan fingerprint density at radius 1 is 1.10 bits per heavy atom. The molecule has 1 saturated carbocycles. The van der Waals surface area contributed by atoms with Crippen molar-refractivity contribution in [2.24, 2.45) is 0 Å². The fraction of sp³-hybridized carbons (Fsp3) is 0.208. The molecule has 2 aliphatic rings. The SMILES string of the molecule is C[N+]1=C(C=C2C(=O)C(c3c[nH]c4ccccc34)C2=O)C(C)(C)c2cc(Cl)ccc21. The molecule has 0 saturated heterocycles. The van der Waals surface area contributed by atoms with Crippen molar-refractivity contribution in [1.82, 2.24) is 4.98 Å². The van der Waals surface area contributed by atoms with Gasteiger partial charge in [0, 0.05) is 39.8 Å². The Labute approximate surface area is 173 Å². The Morgan fingerprint density at radius 3 is 2.59 bits per heavy atom. The summed E-state index contributed by atoms with van der Waals surface area (Å²) in [6, 6.07) is 13.5. The lowest BCUT2D eigenvalue weighted by molar-refractivity contribution is -0.401. The molecule has 0 radical (unpaired) electrons. The van der Waals surface area contributed by atoms with Gasteiger partial charge in [0.2, 0.25) is 5.69 Å². The van der Waals surface area contributed by atoms with Crippen LogP contribution in [0.1, 0.15) is 30.9 Å². The third-order valence-electron chi connectivity index (χ3n) is 6.26. The molecule has 5 heteroatoms. The van der Waals surface area contributed by atoms with Crippen molar-refractivity contribution in [1.29, 1.82) is 0 Å². The predicted molar refractivity (Wildman–Crippen MR) is 114 cm³/mol. The second kappa shape index (κ2) is 6.01. The van der Waals surface area contributed by atoms with Gasteiger partial charge in [-0.3, -0.25) is 9.59 Å². The van der Waals surface area contributed by atoms with Crippen molar-refractivity contribution in [3.63, 3.8) is 0 Å². The van der Waals surface area contributed by atoms with E-state index in [0.717, 1.165) is 33.4 Å². The van der Waals surface area contributed by atoms with Crippen molar-refractivity contribution < 1.29 is 14.2 Å². The molecule has 1 aliphatic carbocycles. The van der Waals surface area contributed by atoms with E-state index in [1.807, 2.05) is 54.1 Å². The number of Topliss-reactive ketones (excluding diaryl/α,β-unsaturated/α-hetero) is 2. The standard InChI is InChI=1S/C24H19ClN2O2/c1-24(2)17-10-13(25)8-9-19(17)27(3)20(24)11-15-22(28)21(23(15)29)16-12-26-18-7-5-4-6-14(16)18/h4-12,21H,1-3H3/p+1. The molecule has 0 amide bonds. The average molecular weight is 404 g/mol. The minimum absolute atomic E-state index is 0.120. The van der Waals surface area contributed by atoms with Crippen molar-refractivity contribution >= 4 is 45.5 Å². The van der Waals surface area contributed by atoms with E-state index in [0.29, 0.717) is 5.02 Å². The molecule has 0 unspecified atom stereocenters. The number of carbonyl (C=O) groups is 2. The molecule has 1 fully saturated rings. The van der Waals surface area contributed by atoms with Crippen molar-refractivity contribution in [3.8, 4) is 0 Å². The van der Waals surface area contributed by atoms with E-state index < -0.39 is 5.92 Å². The highest BCUT2D eigenvalue weighted by Crippen LogP contribution is 2.43. The maximum Gasteiger partial charge on any atom is 0.209 e. The van der Waals surface area contributed by atoms with Crippen LogP contribution in [0.4, 0.5) is 5.69 Å². The molecule has 3 aromatic rings. The Balaban J connectivity index is 1.54. The zero-order valence-corrected chi connectivity index (χ0v) is 17.2. The fourth-order valence-electron chi connectivity index (χ4n) is 4.63. The van der Waals surface area contributed by atoms with Crippen LogP contribution < -0.4 is 0 Å². The number of benzene rings is 2. The fourth-order valence-corrected chi connectivity index (χ4v) is 4.81. The molecule has 2 heterocycles. The summed E-state index contributed by atoms with van der Waals surface area (Å²) in [6.45, 7) is 4.17. The summed E-state index contributed by atoms with van der Waals surface area (Å²) >= 11 is 6.21. The Hall–Kier alpha value is -2.98. The molecule has 0 atom stereocenters. The number of ketones is 2. The van der Waals surface area contributed by atoms with Gasteiger partial charge in [0.25, 0.3) is 0 Å². The van der Waals surface area contributed by atoms with E-state index in [4.69, 9.17) is 11.6 Å². The summed E-state index contributed by atoms with van der Waals surface area (Å²) in [5, 5.41) is 1.60. The maximum atomic E-state index is 13.0. The number of allylic oxidation sites excluding steroid dienone is 2. The van der Waals surface area contributed by atoms with E-state index in [9.17, 15) is 9.59 Å². The summed E-state index contributed by atoms with van der Waals surface area (Å²) in [4.78, 5) is 29.1. The van der Waals surface area contributed by atoms with Gasteiger partial charge in [0.05, 0.1) is 11.0 Å². The normalized spacial score (nSPS) is 20.3. The van der Waals surface area contributed by atoms with Gasteiger partial charge < -0.3 is 4.98 Å². The van der Waals surface area contributed by atoms with E-state index >= 15 is 0 Å². The molecule has 1 N–H and O–H groups in total. The van der Waals surface area contributed by atoms with Crippen molar-refractivity contribution in [2.75, 3.05) is 7.05 Å². The highest BCUT2D eigenvalue weighted by atomic mass is 35.5. The quantitative estimate of drug-likeness (QED) is 0.292. The van der Waals surface area contributed by atoms with Crippen molar-refractivity contribution in [2.45, 2.75) is 25.2 Å². The molecule has 1 aliphatic heterocycles. The number of halogens is 1. The monoisotopic (exact) mass is 403 g/mol. The minimum atomic E-state index is -0.718. The van der Waals surface area contributed by atoms with Crippen LogP contribution >= 0.6 is 11.6 Å². The van der Waals surface area contributed by atoms with Crippen LogP contribution in [0.25, 0.3) is 10.9 Å². The van der Waals surface area contributed by atoms with Crippen molar-refractivity contribution in [3.05, 3.63) is 76.5 Å². The second-order valence-corrected chi connectivity index (χ2v) is 8.68. The third-order valence-corrected chi connectivity index (χ3v) is 6.50. The topological polar surface area (TPSA) is 52.9 Å². The van der Waals surface area contributed by atoms with Gasteiger partial charge >= 0.3 is 0 Å². The van der Waals surface area contributed by atoms with E-state index in [1.165, 1.54) is 0 Å². The lowest BCUT2D eigenvalue weighted by Gasteiger charge is -2.26. The number of para-hydroxylation sites is 1. The first kappa shape index (κ1) is 18.1. The van der Waals surface area contributed by atoms with Gasteiger partial charge in [-0.15, -0.1) is 0 Å². The first-order valence-electron chi connectivity index (χ1n) is 9.58. The molecular formula is C24H20ClN2O2+. The highest BCUT2D eigenvalue weighted by molar-refractivity contribution is 6.43. The predicted octanol–water partition coefficient (Wildman–Crippen LogP) is 4.69. The molecule has 0 spiro atoms. The van der Waals surface area contributed by atoms with Crippen LogP contribution in [-0.2, 0) is 15.0 Å². The highest BCUT2D eigenvalue weighted by Gasteiger charge is 2.49. The number of aromatic nitrogens is 1. The first-order valence-corrected chi connectivity index (χ1v) is 9.96. The molecule has 29 heavy (non-hydrogen) atoms. The van der Waals surface area contributed by atoms with Gasteiger partial charge in [-0.05, 0) is 37.6 Å². The lowest BCUT2D eigenvalue weighted by Crippen LogP contribution is -2.40. The maximum absolute atomic E-state index is 13.0. The molecule has 2 aromatic carbocycles. The third kappa shape index (κ3) is 2.42. The van der Waals surface area contributed by atoms with Gasteiger partial charge in [-0.25, -0.2) is 0 Å². The Kier molecular flexibility index (Phi) is 3.74. The van der Waals surface area contributed by atoms with Crippen LogP contribution in [-0.4, -0.2) is 33.9 Å². The summed E-state index contributed by atoms with van der Waals surface area (Å²) < 4.78 is 2.04. The van der Waals surface area contributed by atoms with Gasteiger partial charge in [0.1, 0.15) is 13.0 Å². The average Bonchev–Trinajstić information content (AvgIpc) is 3.18. The van der Waals surface area contributed by atoms with E-state index in [1.54, 1.807) is 12.3 Å².